The summed E-state index contributed by atoms with van der Waals surface area (Å²) in [4.78, 5) is 0. The van der Waals surface area contributed by atoms with Crippen LogP contribution in [0.5, 0.6) is 5.75 Å². The fourth-order valence-corrected chi connectivity index (χ4v) is 1.15. The number of rotatable bonds is 5. The van der Waals surface area contributed by atoms with Crippen molar-refractivity contribution < 1.29 is 13.5 Å². The van der Waals surface area contributed by atoms with Crippen molar-refractivity contribution in [1.82, 2.24) is 0 Å². The highest BCUT2D eigenvalue weighted by atomic mass is 32.2. The second kappa shape index (κ2) is 5.85. The lowest BCUT2D eigenvalue weighted by atomic mass is 10.1. The highest BCUT2D eigenvalue weighted by Crippen LogP contribution is 2.11. The van der Waals surface area contributed by atoms with E-state index in [1.54, 1.807) is 7.11 Å². The van der Waals surface area contributed by atoms with Crippen LogP contribution in [0.25, 0.3) is 0 Å². The Hall–Kier alpha value is -0.710. The van der Waals surface area contributed by atoms with E-state index >= 15 is 0 Å². The van der Waals surface area contributed by atoms with Crippen LogP contribution in [0.1, 0.15) is 5.56 Å². The number of benzene rings is 1. The molecule has 0 unspecified atom stereocenters. The number of ether oxygens (including phenoxy) is 1. The molecule has 1 rings (SSSR count). The van der Waals surface area contributed by atoms with Gasteiger partial charge >= 0.3 is 0 Å². The van der Waals surface area contributed by atoms with Crippen molar-refractivity contribution in [3.05, 3.63) is 29.8 Å². The third-order valence-corrected chi connectivity index (χ3v) is 1.96. The van der Waals surface area contributed by atoms with Gasteiger partial charge < -0.3 is 9.29 Å². The Balaban J connectivity index is 2.40. The molecule has 0 radical (unpaired) electrons. The van der Waals surface area contributed by atoms with Crippen molar-refractivity contribution in [2.24, 2.45) is 0 Å². The summed E-state index contributed by atoms with van der Waals surface area (Å²) in [6, 6.07) is 7.76. The summed E-state index contributed by atoms with van der Waals surface area (Å²) < 4.78 is 18.1. The van der Waals surface area contributed by atoms with Crippen LogP contribution in [0.15, 0.2) is 24.3 Å². The van der Waals surface area contributed by atoms with Crippen molar-refractivity contribution in [1.29, 1.82) is 0 Å². The van der Waals surface area contributed by atoms with Gasteiger partial charge in [0.05, 0.1) is 13.7 Å². The molecular formula is C9H12O3S. The van der Waals surface area contributed by atoms with Crippen molar-refractivity contribution in [2.45, 2.75) is 6.42 Å². The standard InChI is InChI=1S/C9H12O3S/c1-11-9-4-2-8(3-5-9)6-7-12-13-10/h2-5,10H,6-7H2,1H3. The summed E-state index contributed by atoms with van der Waals surface area (Å²) in [5.41, 5.74) is 1.16. The fourth-order valence-electron chi connectivity index (χ4n) is 0.989. The lowest BCUT2D eigenvalue weighted by molar-refractivity contribution is 0.348. The molecule has 0 saturated heterocycles. The quantitative estimate of drug-likeness (QED) is 0.585. The molecule has 72 valence electrons. The molecular weight excluding hydrogens is 188 g/mol. The van der Waals surface area contributed by atoms with E-state index in [-0.39, 0.29) is 0 Å². The maximum Gasteiger partial charge on any atom is 0.155 e. The first-order valence-corrected chi connectivity index (χ1v) is 4.62. The lowest BCUT2D eigenvalue weighted by Crippen LogP contribution is -1.93. The van der Waals surface area contributed by atoms with E-state index in [0.29, 0.717) is 18.9 Å². The first kappa shape index (κ1) is 10.4. The van der Waals surface area contributed by atoms with Gasteiger partial charge in [-0.3, -0.25) is 4.18 Å². The second-order valence-electron chi connectivity index (χ2n) is 2.49. The predicted molar refractivity (Wildman–Crippen MR) is 52.9 cm³/mol. The van der Waals surface area contributed by atoms with E-state index in [0.717, 1.165) is 17.7 Å². The van der Waals surface area contributed by atoms with E-state index in [1.165, 1.54) is 0 Å². The molecule has 0 bridgehead atoms. The van der Waals surface area contributed by atoms with Crippen LogP contribution in [-0.2, 0) is 10.6 Å². The molecule has 4 heteroatoms. The second-order valence-corrected chi connectivity index (χ2v) is 2.88. The molecule has 0 aliphatic rings. The zero-order chi connectivity index (χ0) is 9.52. The van der Waals surface area contributed by atoms with Gasteiger partial charge in [0.1, 0.15) is 5.75 Å². The van der Waals surface area contributed by atoms with E-state index in [9.17, 15) is 0 Å². The zero-order valence-corrected chi connectivity index (χ0v) is 8.21. The maximum atomic E-state index is 8.30. The average Bonchev–Trinajstić information content (AvgIpc) is 2.19. The predicted octanol–water partition coefficient (Wildman–Crippen LogP) is 2.38. The molecule has 1 aromatic carbocycles. The molecule has 3 nitrogen and oxygen atoms in total. The van der Waals surface area contributed by atoms with E-state index in [4.69, 9.17) is 13.5 Å². The largest absolute Gasteiger partial charge is 0.497 e. The molecule has 1 N–H and O–H groups in total. The van der Waals surface area contributed by atoms with Gasteiger partial charge in [0.2, 0.25) is 0 Å². The monoisotopic (exact) mass is 200 g/mol. The van der Waals surface area contributed by atoms with Crippen molar-refractivity contribution >= 4 is 12.3 Å². The van der Waals surface area contributed by atoms with Crippen LogP contribution < -0.4 is 4.74 Å². The minimum absolute atomic E-state index is 0.404. The fraction of sp³-hybridized carbons (Fsp3) is 0.333. The third kappa shape index (κ3) is 3.67. The van der Waals surface area contributed by atoms with Gasteiger partial charge in [-0.25, -0.2) is 0 Å². The average molecular weight is 200 g/mol. The zero-order valence-electron chi connectivity index (χ0n) is 7.40. The highest BCUT2D eigenvalue weighted by Gasteiger charge is 1.94. The highest BCUT2D eigenvalue weighted by molar-refractivity contribution is 7.88. The van der Waals surface area contributed by atoms with E-state index in [2.05, 4.69) is 0 Å². The normalized spacial score (nSPS) is 10.0. The summed E-state index contributed by atoms with van der Waals surface area (Å²) in [5.74, 6) is 0.848. The molecule has 0 aliphatic carbocycles. The van der Waals surface area contributed by atoms with Crippen LogP contribution in [0, 0.1) is 0 Å². The number of hydrogen-bond acceptors (Lipinski definition) is 4. The molecule has 0 spiro atoms. The van der Waals surface area contributed by atoms with Gasteiger partial charge in [-0.15, -0.1) is 0 Å². The Bertz CT molecular complexity index is 235. The molecule has 0 amide bonds. The maximum absolute atomic E-state index is 8.30. The molecule has 0 atom stereocenters. The van der Waals surface area contributed by atoms with Gasteiger partial charge in [-0.05, 0) is 24.1 Å². The van der Waals surface area contributed by atoms with Crippen LogP contribution in [0.2, 0.25) is 0 Å². The van der Waals surface area contributed by atoms with Crippen molar-refractivity contribution in [2.75, 3.05) is 13.7 Å². The molecule has 0 saturated carbocycles. The van der Waals surface area contributed by atoms with E-state index in [1.807, 2.05) is 24.3 Å². The minimum Gasteiger partial charge on any atom is -0.497 e. The lowest BCUT2D eigenvalue weighted by Gasteiger charge is -2.02. The van der Waals surface area contributed by atoms with Crippen LogP contribution in [-0.4, -0.2) is 18.3 Å². The van der Waals surface area contributed by atoms with Gasteiger partial charge in [0.15, 0.2) is 12.3 Å². The van der Waals surface area contributed by atoms with Crippen LogP contribution in [0.3, 0.4) is 0 Å². The first-order chi connectivity index (χ1) is 6.36. The summed E-state index contributed by atoms with van der Waals surface area (Å²) in [6.07, 6.45) is 0.789. The molecule has 1 aromatic rings. The van der Waals surface area contributed by atoms with Gasteiger partial charge in [0, 0.05) is 0 Å². The summed E-state index contributed by atoms with van der Waals surface area (Å²) in [6.45, 7) is 0.507. The Kier molecular flexibility index (Phi) is 4.67. The number of methoxy groups -OCH3 is 1. The van der Waals surface area contributed by atoms with Crippen LogP contribution >= 0.6 is 12.3 Å². The Morgan fingerprint density at radius 3 is 2.54 bits per heavy atom. The van der Waals surface area contributed by atoms with Crippen molar-refractivity contribution in [3.8, 4) is 5.75 Å². The molecule has 13 heavy (non-hydrogen) atoms. The Labute approximate surface area is 82.1 Å². The molecule has 0 aliphatic heterocycles. The SMILES string of the molecule is COc1ccc(CCOSO)cc1. The van der Waals surface area contributed by atoms with Gasteiger partial charge in [-0.1, -0.05) is 12.1 Å². The molecule has 0 aromatic heterocycles. The summed E-state index contributed by atoms with van der Waals surface area (Å²) in [5, 5.41) is 0. The molecule has 0 heterocycles. The van der Waals surface area contributed by atoms with Gasteiger partial charge in [-0.2, -0.15) is 0 Å². The Morgan fingerprint density at radius 1 is 1.31 bits per heavy atom. The van der Waals surface area contributed by atoms with Gasteiger partial charge in [0.25, 0.3) is 0 Å². The minimum atomic E-state index is 0.404. The smallest absolute Gasteiger partial charge is 0.155 e. The van der Waals surface area contributed by atoms with Crippen molar-refractivity contribution in [3.63, 3.8) is 0 Å². The van der Waals surface area contributed by atoms with E-state index < -0.39 is 0 Å². The summed E-state index contributed by atoms with van der Waals surface area (Å²) >= 11 is 0.404. The third-order valence-electron chi connectivity index (χ3n) is 1.69. The van der Waals surface area contributed by atoms with Crippen LogP contribution in [0.4, 0.5) is 0 Å². The topological polar surface area (TPSA) is 38.7 Å². The Morgan fingerprint density at radius 2 is 2.00 bits per heavy atom. The summed E-state index contributed by atoms with van der Waals surface area (Å²) in [7, 11) is 1.64. The first-order valence-electron chi connectivity index (χ1n) is 3.93. The number of hydrogen-bond donors (Lipinski definition) is 1. The molecule has 0 fully saturated rings.